The van der Waals surface area contributed by atoms with Crippen molar-refractivity contribution in [3.8, 4) is 0 Å². The minimum atomic E-state index is -0.216. The number of para-hydroxylation sites is 1. The number of rotatable bonds is 6. The predicted octanol–water partition coefficient (Wildman–Crippen LogP) is 4.41. The Morgan fingerprint density at radius 2 is 2.19 bits per heavy atom. The van der Waals surface area contributed by atoms with Gasteiger partial charge in [-0.2, -0.15) is 0 Å². The summed E-state index contributed by atoms with van der Waals surface area (Å²) in [5.74, 6) is 1.09. The van der Waals surface area contributed by atoms with Crippen LogP contribution in [0.5, 0.6) is 0 Å². The predicted molar refractivity (Wildman–Crippen MR) is 100 cm³/mol. The Bertz CT molecular complexity index is 1040. The second-order valence-corrected chi connectivity index (χ2v) is 7.45. The lowest BCUT2D eigenvalue weighted by Gasteiger charge is -1.99. The van der Waals surface area contributed by atoms with Gasteiger partial charge in [0.2, 0.25) is 0 Å². The van der Waals surface area contributed by atoms with Crippen molar-refractivity contribution in [2.75, 3.05) is 0 Å². The second kappa shape index (κ2) is 7.35. The van der Waals surface area contributed by atoms with Crippen LogP contribution in [0.2, 0.25) is 0 Å². The second-order valence-electron chi connectivity index (χ2n) is 5.58. The fourth-order valence-electron chi connectivity index (χ4n) is 2.40. The first-order valence-electron chi connectivity index (χ1n) is 7.93. The van der Waals surface area contributed by atoms with Gasteiger partial charge >= 0.3 is 0 Å². The first-order valence-corrected chi connectivity index (χ1v) is 9.79. The van der Waals surface area contributed by atoms with E-state index in [1.807, 2.05) is 31.2 Å². The van der Waals surface area contributed by atoms with E-state index in [1.54, 1.807) is 17.7 Å². The van der Waals surface area contributed by atoms with Crippen LogP contribution in [0.4, 0.5) is 0 Å². The number of aromatic nitrogens is 2. The molecule has 3 aromatic heterocycles. The van der Waals surface area contributed by atoms with Crippen molar-refractivity contribution < 1.29 is 13.6 Å². The van der Waals surface area contributed by atoms with Crippen LogP contribution in [0.25, 0.3) is 11.1 Å². The molecule has 1 N–H and O–H groups in total. The smallest absolute Gasteiger partial charge is 0.271 e. The van der Waals surface area contributed by atoms with Crippen LogP contribution < -0.4 is 5.32 Å². The van der Waals surface area contributed by atoms with Crippen LogP contribution in [0.3, 0.4) is 0 Å². The number of thiazole rings is 1. The number of oxazole rings is 1. The number of carbonyl (C=O) groups is 1. The van der Waals surface area contributed by atoms with E-state index < -0.39 is 0 Å². The van der Waals surface area contributed by atoms with Crippen LogP contribution in [-0.4, -0.2) is 15.9 Å². The van der Waals surface area contributed by atoms with Crippen molar-refractivity contribution in [2.24, 2.45) is 0 Å². The van der Waals surface area contributed by atoms with Gasteiger partial charge in [-0.15, -0.1) is 11.3 Å². The molecule has 26 heavy (non-hydrogen) atoms. The van der Waals surface area contributed by atoms with Gasteiger partial charge in [0.1, 0.15) is 22.0 Å². The van der Waals surface area contributed by atoms with Crippen molar-refractivity contribution in [1.29, 1.82) is 0 Å². The third-order valence-electron chi connectivity index (χ3n) is 3.71. The molecule has 0 saturated carbocycles. The van der Waals surface area contributed by atoms with E-state index in [-0.39, 0.29) is 5.91 Å². The number of fused-ring (bicyclic) bond motifs is 1. The van der Waals surface area contributed by atoms with Gasteiger partial charge in [-0.3, -0.25) is 4.79 Å². The normalized spacial score (nSPS) is 11.1. The van der Waals surface area contributed by atoms with E-state index in [1.165, 1.54) is 23.1 Å². The molecule has 3 heterocycles. The molecule has 0 spiro atoms. The van der Waals surface area contributed by atoms with Gasteiger partial charge in [-0.1, -0.05) is 23.9 Å². The fourth-order valence-corrected chi connectivity index (χ4v) is 4.03. The molecule has 0 atom stereocenters. The maximum atomic E-state index is 12.1. The molecule has 132 valence electrons. The largest absolute Gasteiger partial charge is 0.467 e. The maximum absolute atomic E-state index is 12.1. The standard InChI is InChI=1S/C18H15N3O3S2/c1-11-4-2-6-14-16(11)21-18(24-14)26-10-15-20-13(9-25-15)17(22)19-8-12-5-3-7-23-12/h2-7,9H,8,10H2,1H3,(H,19,22). The molecule has 6 nitrogen and oxygen atoms in total. The lowest BCUT2D eigenvalue weighted by molar-refractivity contribution is 0.0943. The van der Waals surface area contributed by atoms with E-state index in [9.17, 15) is 4.79 Å². The molecule has 0 aliphatic rings. The molecule has 0 fully saturated rings. The zero-order valence-corrected chi connectivity index (χ0v) is 15.5. The number of hydrogen-bond acceptors (Lipinski definition) is 7. The molecule has 1 aromatic carbocycles. The molecule has 0 unspecified atom stereocenters. The zero-order chi connectivity index (χ0) is 17.9. The molecule has 4 rings (SSSR count). The molecule has 8 heteroatoms. The van der Waals surface area contributed by atoms with Crippen molar-refractivity contribution in [3.63, 3.8) is 0 Å². The van der Waals surface area contributed by atoms with E-state index in [2.05, 4.69) is 15.3 Å². The topological polar surface area (TPSA) is 81.2 Å². The molecule has 0 aliphatic carbocycles. The lowest BCUT2D eigenvalue weighted by atomic mass is 10.2. The van der Waals surface area contributed by atoms with Crippen LogP contribution in [0, 0.1) is 6.92 Å². The van der Waals surface area contributed by atoms with E-state index in [0.29, 0.717) is 29.0 Å². The lowest BCUT2D eigenvalue weighted by Crippen LogP contribution is -2.22. The van der Waals surface area contributed by atoms with Crippen molar-refractivity contribution in [1.82, 2.24) is 15.3 Å². The third kappa shape index (κ3) is 3.66. The average Bonchev–Trinajstić information content (AvgIpc) is 3.37. The monoisotopic (exact) mass is 385 g/mol. The van der Waals surface area contributed by atoms with Crippen molar-refractivity contribution in [3.05, 3.63) is 64.0 Å². The number of nitrogens with one attached hydrogen (secondary N) is 1. The summed E-state index contributed by atoms with van der Waals surface area (Å²) in [5, 5.41) is 5.99. The molecular formula is C18H15N3O3S2. The Morgan fingerprint density at radius 3 is 3.00 bits per heavy atom. The minimum Gasteiger partial charge on any atom is -0.467 e. The number of carbonyl (C=O) groups excluding carboxylic acids is 1. The summed E-state index contributed by atoms with van der Waals surface area (Å²) in [4.78, 5) is 21.0. The molecule has 0 radical (unpaired) electrons. The van der Waals surface area contributed by atoms with Gasteiger partial charge in [-0.25, -0.2) is 9.97 Å². The maximum Gasteiger partial charge on any atom is 0.271 e. The van der Waals surface area contributed by atoms with Gasteiger partial charge in [-0.05, 0) is 30.7 Å². The highest BCUT2D eigenvalue weighted by Gasteiger charge is 2.13. The zero-order valence-electron chi connectivity index (χ0n) is 13.9. The van der Waals surface area contributed by atoms with E-state index in [0.717, 1.165) is 21.7 Å². The summed E-state index contributed by atoms with van der Waals surface area (Å²) < 4.78 is 10.9. The molecule has 4 aromatic rings. The van der Waals surface area contributed by atoms with Crippen LogP contribution in [0.1, 0.15) is 26.8 Å². The Labute approximate surface area is 157 Å². The molecule has 0 aliphatic heterocycles. The Kier molecular flexibility index (Phi) is 4.77. The highest BCUT2D eigenvalue weighted by Crippen LogP contribution is 2.28. The van der Waals surface area contributed by atoms with E-state index in [4.69, 9.17) is 8.83 Å². The summed E-state index contributed by atoms with van der Waals surface area (Å²) in [6.07, 6.45) is 1.58. The highest BCUT2D eigenvalue weighted by molar-refractivity contribution is 7.98. The number of benzene rings is 1. The third-order valence-corrected chi connectivity index (χ3v) is 5.58. The van der Waals surface area contributed by atoms with Crippen LogP contribution >= 0.6 is 23.1 Å². The number of nitrogens with zero attached hydrogens (tertiary/aromatic N) is 2. The van der Waals surface area contributed by atoms with Crippen molar-refractivity contribution >= 4 is 40.1 Å². The quantitative estimate of drug-likeness (QED) is 0.495. The number of thioether (sulfide) groups is 1. The molecule has 0 bridgehead atoms. The summed E-state index contributed by atoms with van der Waals surface area (Å²) in [6.45, 7) is 2.35. The van der Waals surface area contributed by atoms with Gasteiger partial charge in [0, 0.05) is 5.38 Å². The first kappa shape index (κ1) is 16.9. The number of aryl methyl sites for hydroxylation is 1. The summed E-state index contributed by atoms with van der Waals surface area (Å²) in [5.41, 5.74) is 3.16. The molecule has 1 amide bonds. The summed E-state index contributed by atoms with van der Waals surface area (Å²) in [6, 6.07) is 9.46. The SMILES string of the molecule is Cc1cccc2oc(SCc3nc(C(=O)NCc4ccco4)cs3)nc12. The summed E-state index contributed by atoms with van der Waals surface area (Å²) >= 11 is 2.91. The Morgan fingerprint density at radius 1 is 1.27 bits per heavy atom. The fraction of sp³-hybridized carbons (Fsp3) is 0.167. The van der Waals surface area contributed by atoms with Crippen molar-refractivity contribution in [2.45, 2.75) is 24.4 Å². The summed E-state index contributed by atoms with van der Waals surface area (Å²) in [7, 11) is 0. The van der Waals surface area contributed by atoms with Gasteiger partial charge in [0.05, 0.1) is 18.6 Å². The molecule has 0 saturated heterocycles. The van der Waals surface area contributed by atoms with E-state index >= 15 is 0 Å². The van der Waals surface area contributed by atoms with Gasteiger partial charge in [0.15, 0.2) is 5.58 Å². The Hall–Kier alpha value is -2.58. The Balaban J connectivity index is 1.36. The van der Waals surface area contributed by atoms with Gasteiger partial charge in [0.25, 0.3) is 11.1 Å². The van der Waals surface area contributed by atoms with Crippen LogP contribution in [-0.2, 0) is 12.3 Å². The van der Waals surface area contributed by atoms with Crippen LogP contribution in [0.15, 0.2) is 56.0 Å². The highest BCUT2D eigenvalue weighted by atomic mass is 32.2. The molecular weight excluding hydrogens is 370 g/mol. The number of amides is 1. The first-order chi connectivity index (χ1) is 12.7. The number of furan rings is 1. The minimum absolute atomic E-state index is 0.216. The van der Waals surface area contributed by atoms with Gasteiger partial charge < -0.3 is 14.2 Å². The average molecular weight is 385 g/mol. The number of hydrogen-bond donors (Lipinski definition) is 1.